The lowest BCUT2D eigenvalue weighted by Gasteiger charge is -2.22. The van der Waals surface area contributed by atoms with E-state index < -0.39 is 19.2 Å². The second-order valence-electron chi connectivity index (χ2n) is 4.71. The normalized spacial score (nSPS) is 12.3. The van der Waals surface area contributed by atoms with Gasteiger partial charge in [-0.05, 0) is 34.6 Å². The molecule has 0 bridgehead atoms. The summed E-state index contributed by atoms with van der Waals surface area (Å²) < 4.78 is 27.5. The molecule has 0 unspecified atom stereocenters. The summed E-state index contributed by atoms with van der Waals surface area (Å²) in [4.78, 5) is 11.7. The maximum absolute atomic E-state index is 12.2. The van der Waals surface area contributed by atoms with Gasteiger partial charge in [-0.25, -0.2) is 4.79 Å². The van der Waals surface area contributed by atoms with Crippen LogP contribution in [0.2, 0.25) is 0 Å². The molecule has 0 spiro atoms. The smallest absolute Gasteiger partial charge is 0.335 e. The highest BCUT2D eigenvalue weighted by Gasteiger charge is 2.29. The molecule has 6 heteroatoms. The molecule has 0 amide bonds. The van der Waals surface area contributed by atoms with Gasteiger partial charge in [0.2, 0.25) is 0 Å². The Bertz CT molecular complexity index is 333. The molecular weight excluding hydrogens is 255 g/mol. The van der Waals surface area contributed by atoms with Gasteiger partial charge < -0.3 is 13.8 Å². The van der Waals surface area contributed by atoms with Crippen LogP contribution in [0.3, 0.4) is 0 Å². The highest BCUT2D eigenvalue weighted by molar-refractivity contribution is 7.54. The van der Waals surface area contributed by atoms with Crippen LogP contribution in [0.1, 0.15) is 34.6 Å². The van der Waals surface area contributed by atoms with E-state index in [2.05, 4.69) is 6.58 Å². The fourth-order valence-corrected chi connectivity index (χ4v) is 2.81. The Balaban J connectivity index is 4.61. The summed E-state index contributed by atoms with van der Waals surface area (Å²) in [5.74, 6) is -0.581. The second-order valence-corrected chi connectivity index (χ2v) is 6.76. The third-order valence-corrected chi connectivity index (χ3v) is 3.80. The molecule has 0 atom stereocenters. The van der Waals surface area contributed by atoms with E-state index in [0.29, 0.717) is 0 Å². The summed E-state index contributed by atoms with van der Waals surface area (Å²) in [5, 5.41) is 0. The van der Waals surface area contributed by atoms with Crippen molar-refractivity contribution >= 4 is 13.6 Å². The van der Waals surface area contributed by atoms with Crippen LogP contribution < -0.4 is 0 Å². The molecule has 106 valence electrons. The molecule has 0 aliphatic carbocycles. The summed E-state index contributed by atoms with van der Waals surface area (Å²) in [6.45, 7) is 12.8. The molecule has 0 aliphatic heterocycles. The van der Waals surface area contributed by atoms with E-state index in [4.69, 9.17) is 13.8 Å². The van der Waals surface area contributed by atoms with Crippen molar-refractivity contribution in [3.63, 3.8) is 0 Å². The average Bonchev–Trinajstić information content (AvgIpc) is 2.14. The van der Waals surface area contributed by atoms with Crippen molar-refractivity contribution in [3.8, 4) is 0 Å². The molecule has 18 heavy (non-hydrogen) atoms. The van der Waals surface area contributed by atoms with Crippen LogP contribution >= 0.6 is 7.60 Å². The van der Waals surface area contributed by atoms with Crippen molar-refractivity contribution in [3.05, 3.63) is 12.2 Å². The number of ether oxygens (including phenoxy) is 1. The van der Waals surface area contributed by atoms with Crippen LogP contribution in [0, 0.1) is 0 Å². The summed E-state index contributed by atoms with van der Waals surface area (Å²) in [6, 6.07) is 0. The third kappa shape index (κ3) is 6.94. The zero-order valence-corrected chi connectivity index (χ0v) is 12.7. The van der Waals surface area contributed by atoms with Gasteiger partial charge in [-0.1, -0.05) is 6.58 Å². The SMILES string of the molecule is C=C(CP(=O)(OCC)OCC)C(=O)OC(C)(C)C. The fourth-order valence-electron chi connectivity index (χ4n) is 1.17. The van der Waals surface area contributed by atoms with Gasteiger partial charge in [0, 0.05) is 5.57 Å². The van der Waals surface area contributed by atoms with Crippen LogP contribution in [-0.4, -0.2) is 30.9 Å². The minimum Gasteiger partial charge on any atom is -0.457 e. The quantitative estimate of drug-likeness (QED) is 0.406. The minimum absolute atomic E-state index is 0.0927. The first-order valence-corrected chi connectivity index (χ1v) is 7.65. The van der Waals surface area contributed by atoms with Crippen molar-refractivity contribution in [2.24, 2.45) is 0 Å². The molecule has 0 rings (SSSR count). The molecule has 0 saturated heterocycles. The molecule has 5 nitrogen and oxygen atoms in total. The van der Waals surface area contributed by atoms with Gasteiger partial charge in [-0.15, -0.1) is 0 Å². The number of carbonyl (C=O) groups is 1. The first kappa shape index (κ1) is 17.4. The van der Waals surface area contributed by atoms with Crippen molar-refractivity contribution < 1.29 is 23.1 Å². The summed E-state index contributed by atoms with van der Waals surface area (Å²) in [7, 11) is -3.30. The highest BCUT2D eigenvalue weighted by atomic mass is 31.2. The second kappa shape index (κ2) is 7.07. The predicted octanol–water partition coefficient (Wildman–Crippen LogP) is 3.15. The van der Waals surface area contributed by atoms with Gasteiger partial charge in [0.05, 0.1) is 19.4 Å². The molecule has 0 aromatic carbocycles. The monoisotopic (exact) mass is 278 g/mol. The first-order valence-electron chi connectivity index (χ1n) is 5.92. The van der Waals surface area contributed by atoms with Crippen LogP contribution in [-0.2, 0) is 23.1 Å². The van der Waals surface area contributed by atoms with Gasteiger partial charge >= 0.3 is 13.6 Å². The molecule has 0 saturated carbocycles. The number of carbonyl (C=O) groups excluding carboxylic acids is 1. The van der Waals surface area contributed by atoms with Gasteiger partial charge in [0.15, 0.2) is 0 Å². The zero-order valence-electron chi connectivity index (χ0n) is 11.8. The maximum Gasteiger partial charge on any atom is 0.335 e. The third-order valence-electron chi connectivity index (χ3n) is 1.72. The van der Waals surface area contributed by atoms with Crippen LogP contribution in [0.25, 0.3) is 0 Å². The van der Waals surface area contributed by atoms with Crippen molar-refractivity contribution in [2.45, 2.75) is 40.2 Å². The summed E-state index contributed by atoms with van der Waals surface area (Å²) in [5.41, 5.74) is -0.517. The van der Waals surface area contributed by atoms with Gasteiger partial charge in [0.1, 0.15) is 5.60 Å². The minimum atomic E-state index is -3.30. The first-order chi connectivity index (χ1) is 8.13. The van der Waals surface area contributed by atoms with E-state index in [1.165, 1.54) is 0 Å². The zero-order chi connectivity index (χ0) is 14.4. The van der Waals surface area contributed by atoms with Gasteiger partial charge in [-0.3, -0.25) is 4.57 Å². The Morgan fingerprint density at radius 1 is 1.17 bits per heavy atom. The lowest BCUT2D eigenvalue weighted by atomic mass is 10.2. The van der Waals surface area contributed by atoms with Crippen LogP contribution in [0.5, 0.6) is 0 Å². The Morgan fingerprint density at radius 3 is 1.94 bits per heavy atom. The van der Waals surface area contributed by atoms with E-state index in [1.54, 1.807) is 34.6 Å². The molecule has 0 aromatic rings. The maximum atomic E-state index is 12.2. The molecule has 0 fully saturated rings. The Labute approximate surface area is 109 Å². The number of esters is 1. The average molecular weight is 278 g/mol. The van der Waals surface area contributed by atoms with E-state index in [1.807, 2.05) is 0 Å². The lowest BCUT2D eigenvalue weighted by molar-refractivity contribution is -0.149. The van der Waals surface area contributed by atoms with Crippen molar-refractivity contribution in [1.82, 2.24) is 0 Å². The number of rotatable bonds is 7. The molecule has 0 aliphatic rings. The van der Waals surface area contributed by atoms with Crippen molar-refractivity contribution in [2.75, 3.05) is 19.4 Å². The highest BCUT2D eigenvalue weighted by Crippen LogP contribution is 2.49. The predicted molar refractivity (Wildman–Crippen MR) is 70.7 cm³/mol. The van der Waals surface area contributed by atoms with E-state index in [0.717, 1.165) is 0 Å². The van der Waals surface area contributed by atoms with Crippen LogP contribution in [0.15, 0.2) is 12.2 Å². The Kier molecular flexibility index (Phi) is 6.82. The molecule has 0 radical (unpaired) electrons. The Hall–Kier alpha value is -0.640. The molecule has 0 N–H and O–H groups in total. The molecular formula is C12H23O5P. The number of hydrogen-bond donors (Lipinski definition) is 0. The lowest BCUT2D eigenvalue weighted by Crippen LogP contribution is -2.25. The standard InChI is InChI=1S/C12H23O5P/c1-7-15-18(14,16-8-2)9-10(3)11(13)17-12(4,5)6/h3,7-9H2,1-2,4-6H3. The Morgan fingerprint density at radius 2 is 1.61 bits per heavy atom. The van der Waals surface area contributed by atoms with Crippen molar-refractivity contribution in [1.29, 1.82) is 0 Å². The summed E-state index contributed by atoms with van der Waals surface area (Å²) >= 11 is 0. The summed E-state index contributed by atoms with van der Waals surface area (Å²) in [6.07, 6.45) is -0.149. The van der Waals surface area contributed by atoms with Crippen LogP contribution in [0.4, 0.5) is 0 Å². The van der Waals surface area contributed by atoms with E-state index in [-0.39, 0.29) is 24.9 Å². The molecule has 0 heterocycles. The van der Waals surface area contributed by atoms with Gasteiger partial charge in [0.25, 0.3) is 0 Å². The van der Waals surface area contributed by atoms with E-state index in [9.17, 15) is 9.36 Å². The molecule has 0 aromatic heterocycles. The largest absolute Gasteiger partial charge is 0.457 e. The topological polar surface area (TPSA) is 61.8 Å². The van der Waals surface area contributed by atoms with Gasteiger partial charge in [-0.2, -0.15) is 0 Å². The van der Waals surface area contributed by atoms with E-state index >= 15 is 0 Å². The fraction of sp³-hybridized carbons (Fsp3) is 0.750. The number of hydrogen-bond acceptors (Lipinski definition) is 5.